The fourth-order valence-corrected chi connectivity index (χ4v) is 2.96. The van der Waals surface area contributed by atoms with E-state index in [2.05, 4.69) is 25.6 Å². The first-order valence-electron chi connectivity index (χ1n) is 9.25. The maximum absolute atomic E-state index is 12.8. The molecule has 0 saturated heterocycles. The van der Waals surface area contributed by atoms with Crippen LogP contribution in [-0.2, 0) is 11.8 Å². The van der Waals surface area contributed by atoms with E-state index in [9.17, 15) is 9.59 Å². The zero-order chi connectivity index (χ0) is 21.3. The molecule has 10 heteroatoms. The normalized spacial score (nSPS) is 10.9. The number of carbonyl (C=O) groups excluding carboxylic acids is 2. The van der Waals surface area contributed by atoms with Crippen molar-refractivity contribution in [3.8, 4) is 11.1 Å². The van der Waals surface area contributed by atoms with Crippen molar-refractivity contribution in [3.63, 3.8) is 0 Å². The summed E-state index contributed by atoms with van der Waals surface area (Å²) >= 11 is 0. The summed E-state index contributed by atoms with van der Waals surface area (Å²) in [4.78, 5) is 28.9. The molecule has 0 radical (unpaired) electrons. The Hall–Kier alpha value is -4.08. The highest BCUT2D eigenvalue weighted by Gasteiger charge is 2.18. The summed E-state index contributed by atoms with van der Waals surface area (Å²) in [6.07, 6.45) is 6.78. The van der Waals surface area contributed by atoms with Gasteiger partial charge in [0.1, 0.15) is 0 Å². The molecule has 0 fully saturated rings. The summed E-state index contributed by atoms with van der Waals surface area (Å²) in [5.41, 5.74) is 3.59. The Morgan fingerprint density at radius 2 is 2.00 bits per heavy atom. The molecule has 0 aliphatic heterocycles. The number of pyridine rings is 2. The van der Waals surface area contributed by atoms with Gasteiger partial charge >= 0.3 is 5.97 Å². The molecule has 4 aromatic heterocycles. The van der Waals surface area contributed by atoms with Crippen molar-refractivity contribution in [1.29, 1.82) is 0 Å². The molecule has 1 amide bonds. The van der Waals surface area contributed by atoms with Crippen molar-refractivity contribution in [1.82, 2.24) is 29.4 Å². The van der Waals surface area contributed by atoms with Crippen molar-refractivity contribution in [3.05, 3.63) is 60.1 Å². The molecular formula is C20H19N7O3. The molecule has 152 valence electrons. The number of aromatic nitrogens is 6. The Morgan fingerprint density at radius 1 is 1.17 bits per heavy atom. The lowest BCUT2D eigenvalue weighted by Crippen LogP contribution is -2.17. The van der Waals surface area contributed by atoms with Crippen molar-refractivity contribution < 1.29 is 14.3 Å². The predicted molar refractivity (Wildman–Crippen MR) is 108 cm³/mol. The van der Waals surface area contributed by atoms with Crippen LogP contribution in [0, 0.1) is 6.92 Å². The Morgan fingerprint density at radius 3 is 2.73 bits per heavy atom. The Kier molecular flexibility index (Phi) is 4.97. The number of nitrogens with one attached hydrogen (secondary N) is 1. The molecule has 0 spiro atoms. The van der Waals surface area contributed by atoms with Crippen molar-refractivity contribution >= 4 is 23.2 Å². The smallest absolute Gasteiger partial charge is 0.339 e. The zero-order valence-electron chi connectivity index (χ0n) is 16.7. The minimum atomic E-state index is -0.503. The van der Waals surface area contributed by atoms with Crippen molar-refractivity contribution in [2.75, 3.05) is 11.9 Å². The van der Waals surface area contributed by atoms with E-state index in [0.29, 0.717) is 17.0 Å². The minimum Gasteiger partial charge on any atom is -0.462 e. The topological polar surface area (TPSA) is 116 Å². The number of carbonyl (C=O) groups is 2. The van der Waals surface area contributed by atoms with Gasteiger partial charge in [-0.15, -0.1) is 10.2 Å². The fourth-order valence-electron chi connectivity index (χ4n) is 2.96. The highest BCUT2D eigenvalue weighted by Crippen LogP contribution is 2.21. The maximum atomic E-state index is 12.8. The Labute approximate surface area is 171 Å². The first kappa shape index (κ1) is 19.2. The molecular weight excluding hydrogens is 386 g/mol. The van der Waals surface area contributed by atoms with E-state index in [1.807, 2.05) is 25.4 Å². The van der Waals surface area contributed by atoms with Gasteiger partial charge in [-0.1, -0.05) is 0 Å². The number of ether oxygens (including phenoxy) is 1. The van der Waals surface area contributed by atoms with Crippen molar-refractivity contribution in [2.24, 2.45) is 7.05 Å². The number of fused-ring (bicyclic) bond motifs is 1. The van der Waals surface area contributed by atoms with Gasteiger partial charge < -0.3 is 10.1 Å². The van der Waals surface area contributed by atoms with E-state index in [0.717, 1.165) is 11.1 Å². The first-order valence-corrected chi connectivity index (χ1v) is 9.25. The van der Waals surface area contributed by atoms with Gasteiger partial charge in [-0.2, -0.15) is 5.10 Å². The third kappa shape index (κ3) is 3.62. The third-order valence-corrected chi connectivity index (χ3v) is 4.50. The second-order valence-electron chi connectivity index (χ2n) is 6.60. The van der Waals surface area contributed by atoms with Crippen LogP contribution in [0.4, 0.5) is 5.69 Å². The molecule has 0 bridgehead atoms. The lowest BCUT2D eigenvalue weighted by molar-refractivity contribution is 0.0525. The van der Waals surface area contributed by atoms with Gasteiger partial charge in [-0.25, -0.2) is 4.79 Å². The van der Waals surface area contributed by atoms with Crippen LogP contribution >= 0.6 is 0 Å². The largest absolute Gasteiger partial charge is 0.462 e. The van der Waals surface area contributed by atoms with Gasteiger partial charge in [0, 0.05) is 31.2 Å². The summed E-state index contributed by atoms with van der Waals surface area (Å²) in [5.74, 6) is -0.859. The van der Waals surface area contributed by atoms with Gasteiger partial charge in [0.15, 0.2) is 5.65 Å². The average molecular weight is 405 g/mol. The second-order valence-corrected chi connectivity index (χ2v) is 6.60. The molecule has 0 aliphatic carbocycles. The summed E-state index contributed by atoms with van der Waals surface area (Å²) in [6.45, 7) is 3.70. The van der Waals surface area contributed by atoms with E-state index >= 15 is 0 Å². The van der Waals surface area contributed by atoms with Crippen LogP contribution in [0.15, 0.2) is 43.0 Å². The first-order chi connectivity index (χ1) is 14.5. The second kappa shape index (κ2) is 7.74. The van der Waals surface area contributed by atoms with Crippen LogP contribution in [0.25, 0.3) is 16.8 Å². The van der Waals surface area contributed by atoms with Gasteiger partial charge in [0.05, 0.1) is 29.7 Å². The fraction of sp³-hybridized carbons (Fsp3) is 0.200. The highest BCUT2D eigenvalue weighted by molar-refractivity contribution is 6.03. The summed E-state index contributed by atoms with van der Waals surface area (Å²) in [7, 11) is 1.84. The van der Waals surface area contributed by atoms with Gasteiger partial charge in [0.2, 0.25) is 5.82 Å². The number of amides is 1. The Balaban J connectivity index is 1.61. The minimum absolute atomic E-state index is 0.115. The molecule has 30 heavy (non-hydrogen) atoms. The number of rotatable bonds is 5. The third-order valence-electron chi connectivity index (χ3n) is 4.50. The van der Waals surface area contributed by atoms with Crippen LogP contribution < -0.4 is 5.32 Å². The molecule has 0 aliphatic rings. The van der Waals surface area contributed by atoms with Crippen LogP contribution in [0.3, 0.4) is 0 Å². The number of aryl methyl sites for hydroxylation is 2. The number of esters is 1. The van der Waals surface area contributed by atoms with E-state index in [4.69, 9.17) is 4.74 Å². The van der Waals surface area contributed by atoms with E-state index in [1.165, 1.54) is 12.3 Å². The average Bonchev–Trinajstić information content (AvgIpc) is 3.35. The molecule has 4 heterocycles. The summed E-state index contributed by atoms with van der Waals surface area (Å²) < 4.78 is 8.28. The monoisotopic (exact) mass is 405 g/mol. The van der Waals surface area contributed by atoms with Gasteiger partial charge in [-0.05, 0) is 37.6 Å². The number of hydrogen-bond donors (Lipinski definition) is 1. The molecule has 4 aromatic rings. The molecule has 4 rings (SSSR count). The molecule has 0 unspecified atom stereocenters. The number of nitrogens with zero attached hydrogens (tertiary/aromatic N) is 6. The highest BCUT2D eigenvalue weighted by atomic mass is 16.5. The van der Waals surface area contributed by atoms with Crippen LogP contribution in [-0.4, -0.2) is 47.8 Å². The molecule has 0 aromatic carbocycles. The van der Waals surface area contributed by atoms with Crippen molar-refractivity contribution in [2.45, 2.75) is 13.8 Å². The number of hydrogen-bond acceptors (Lipinski definition) is 7. The summed E-state index contributed by atoms with van der Waals surface area (Å²) in [6, 6.07) is 5.22. The molecule has 0 saturated carbocycles. The zero-order valence-corrected chi connectivity index (χ0v) is 16.7. The quantitative estimate of drug-likeness (QED) is 0.506. The standard InChI is InChI=1S/C20H19N7O3/c1-4-30-20(29)14-7-16(12(2)21-9-14)23-19(28)18-25-24-17-8-13(5-6-27(17)18)15-10-22-26(3)11-15/h5-11H,4H2,1-3H3,(H,23,28). The van der Waals surface area contributed by atoms with E-state index < -0.39 is 11.9 Å². The molecule has 1 N–H and O–H groups in total. The van der Waals surface area contributed by atoms with Gasteiger partial charge in [-0.3, -0.25) is 18.9 Å². The lowest BCUT2D eigenvalue weighted by atomic mass is 10.1. The predicted octanol–water partition coefficient (Wildman–Crippen LogP) is 2.26. The molecule has 10 nitrogen and oxygen atoms in total. The van der Waals surface area contributed by atoms with E-state index in [-0.39, 0.29) is 18.0 Å². The van der Waals surface area contributed by atoms with Gasteiger partial charge in [0.25, 0.3) is 5.91 Å². The maximum Gasteiger partial charge on any atom is 0.339 e. The lowest BCUT2D eigenvalue weighted by Gasteiger charge is -2.09. The summed E-state index contributed by atoms with van der Waals surface area (Å²) in [5, 5.41) is 15.0. The van der Waals surface area contributed by atoms with E-state index in [1.54, 1.807) is 35.3 Å². The van der Waals surface area contributed by atoms with Crippen LogP contribution in [0.5, 0.6) is 0 Å². The Bertz CT molecular complexity index is 1260. The van der Waals surface area contributed by atoms with Crippen LogP contribution in [0.2, 0.25) is 0 Å². The molecule has 0 atom stereocenters. The SMILES string of the molecule is CCOC(=O)c1cnc(C)c(NC(=O)c2nnc3cc(-c4cnn(C)c4)ccn23)c1. The van der Waals surface area contributed by atoms with Crippen LogP contribution in [0.1, 0.15) is 33.6 Å². The number of anilines is 1.